The lowest BCUT2D eigenvalue weighted by Crippen LogP contribution is -2.29. The minimum atomic E-state index is -0.526. The Kier molecular flexibility index (Phi) is 6.12. The number of hydrogen-bond donors (Lipinski definition) is 0. The summed E-state index contributed by atoms with van der Waals surface area (Å²) in [4.78, 5) is 12.5. The highest BCUT2D eigenvalue weighted by Gasteiger charge is 2.29. The van der Waals surface area contributed by atoms with Crippen LogP contribution in [-0.2, 0) is 17.8 Å². The predicted molar refractivity (Wildman–Crippen MR) is 93.8 cm³/mol. The van der Waals surface area contributed by atoms with Gasteiger partial charge in [0.15, 0.2) is 0 Å². The lowest BCUT2D eigenvalue weighted by molar-refractivity contribution is -0.144. The van der Waals surface area contributed by atoms with Crippen LogP contribution in [0.15, 0.2) is 30.5 Å². The fourth-order valence-corrected chi connectivity index (χ4v) is 2.51. The predicted octanol–water partition coefficient (Wildman–Crippen LogP) is 3.95. The van der Waals surface area contributed by atoms with Crippen molar-refractivity contribution in [3.8, 4) is 5.75 Å². The van der Waals surface area contributed by atoms with Crippen LogP contribution in [0.5, 0.6) is 5.75 Å². The molecule has 5 heteroatoms. The quantitative estimate of drug-likeness (QED) is 0.543. The van der Waals surface area contributed by atoms with Crippen LogP contribution in [-0.4, -0.2) is 21.0 Å². The van der Waals surface area contributed by atoms with E-state index < -0.39 is 5.41 Å². The third-order valence-corrected chi connectivity index (χ3v) is 4.12. The van der Waals surface area contributed by atoms with Crippen LogP contribution in [0.3, 0.4) is 0 Å². The number of benzene rings is 1. The molecule has 5 nitrogen and oxygen atoms in total. The van der Waals surface area contributed by atoms with Crippen LogP contribution in [0.1, 0.15) is 51.3 Å². The Labute approximate surface area is 144 Å². The van der Waals surface area contributed by atoms with Crippen LogP contribution in [0.2, 0.25) is 0 Å². The molecule has 0 saturated heterocycles. The van der Waals surface area contributed by atoms with Gasteiger partial charge in [-0.05, 0) is 58.1 Å². The highest BCUT2D eigenvalue weighted by atomic mass is 16.5. The maximum atomic E-state index is 12.5. The molecule has 1 heterocycles. The molecular formula is C19H27N3O2. The summed E-state index contributed by atoms with van der Waals surface area (Å²) in [5.74, 6) is 0.449. The van der Waals surface area contributed by atoms with Crippen molar-refractivity contribution in [1.29, 1.82) is 0 Å². The summed E-state index contributed by atoms with van der Waals surface area (Å²) in [6, 6.07) is 7.58. The number of carbonyl (C=O) groups excluding carboxylic acids is 1. The largest absolute Gasteiger partial charge is 0.426 e. The number of nitrogens with zero attached hydrogens (tertiary/aromatic N) is 3. The van der Waals surface area contributed by atoms with Crippen LogP contribution in [0.25, 0.3) is 0 Å². The number of carbonyl (C=O) groups is 1. The van der Waals surface area contributed by atoms with E-state index in [1.165, 1.54) is 0 Å². The molecule has 0 bridgehead atoms. The first-order valence-electron chi connectivity index (χ1n) is 8.59. The summed E-state index contributed by atoms with van der Waals surface area (Å²) < 4.78 is 7.45. The number of rotatable bonds is 8. The number of aromatic nitrogens is 3. The van der Waals surface area contributed by atoms with Gasteiger partial charge in [-0.3, -0.25) is 9.48 Å². The zero-order chi connectivity index (χ0) is 17.6. The lowest BCUT2D eigenvalue weighted by atomic mass is 9.87. The molecule has 0 atom stereocenters. The van der Waals surface area contributed by atoms with Crippen LogP contribution in [0.4, 0.5) is 0 Å². The van der Waals surface area contributed by atoms with Crippen LogP contribution in [0, 0.1) is 12.3 Å². The maximum Gasteiger partial charge on any atom is 0.316 e. The standard InChI is InChI=1S/C19H27N3O2/c1-5-13-22-14-16(20-21-22)10-8-12-19(3,4)18(23)24-17-11-7-6-9-15(17)2/h6-7,9,11,14H,5,8,10,12-13H2,1-4H3. The second-order valence-electron chi connectivity index (χ2n) is 6.87. The Morgan fingerprint density at radius 1 is 1.29 bits per heavy atom. The molecule has 1 aromatic heterocycles. The fourth-order valence-electron chi connectivity index (χ4n) is 2.51. The topological polar surface area (TPSA) is 57.0 Å². The van der Waals surface area contributed by atoms with Crippen LogP contribution >= 0.6 is 0 Å². The second-order valence-corrected chi connectivity index (χ2v) is 6.87. The van der Waals surface area contributed by atoms with Crippen molar-refractivity contribution >= 4 is 5.97 Å². The molecule has 0 aliphatic carbocycles. The Morgan fingerprint density at radius 3 is 2.75 bits per heavy atom. The summed E-state index contributed by atoms with van der Waals surface area (Å²) in [6.45, 7) is 8.81. The van der Waals surface area contributed by atoms with Gasteiger partial charge in [0.25, 0.3) is 0 Å². The molecule has 0 spiro atoms. The van der Waals surface area contributed by atoms with E-state index in [4.69, 9.17) is 4.74 Å². The van der Waals surface area contributed by atoms with Crippen molar-refractivity contribution in [2.45, 2.75) is 59.9 Å². The van der Waals surface area contributed by atoms with Crippen molar-refractivity contribution in [3.63, 3.8) is 0 Å². The number of para-hydroxylation sites is 1. The van der Waals surface area contributed by atoms with Gasteiger partial charge in [0.1, 0.15) is 5.75 Å². The summed E-state index contributed by atoms with van der Waals surface area (Å²) in [5, 5.41) is 8.27. The zero-order valence-corrected chi connectivity index (χ0v) is 15.1. The molecule has 24 heavy (non-hydrogen) atoms. The van der Waals surface area contributed by atoms with Crippen molar-refractivity contribution in [3.05, 3.63) is 41.7 Å². The molecule has 0 aliphatic rings. The van der Waals surface area contributed by atoms with Gasteiger partial charge in [-0.2, -0.15) is 0 Å². The number of hydrogen-bond acceptors (Lipinski definition) is 4. The van der Waals surface area contributed by atoms with Gasteiger partial charge in [0.05, 0.1) is 11.1 Å². The normalized spacial score (nSPS) is 11.5. The average molecular weight is 329 g/mol. The van der Waals surface area contributed by atoms with Crippen molar-refractivity contribution in [2.75, 3.05) is 0 Å². The molecule has 0 fully saturated rings. The summed E-state index contributed by atoms with van der Waals surface area (Å²) in [6.07, 6.45) is 5.48. The van der Waals surface area contributed by atoms with Gasteiger partial charge >= 0.3 is 5.97 Å². The first-order chi connectivity index (χ1) is 11.4. The number of aryl methyl sites for hydroxylation is 3. The zero-order valence-electron chi connectivity index (χ0n) is 15.1. The molecule has 0 unspecified atom stereocenters. The van der Waals surface area contributed by atoms with Gasteiger partial charge in [-0.1, -0.05) is 30.3 Å². The van der Waals surface area contributed by atoms with Crippen molar-refractivity contribution in [2.24, 2.45) is 5.41 Å². The van der Waals surface area contributed by atoms with E-state index in [1.54, 1.807) is 0 Å². The third-order valence-electron chi connectivity index (χ3n) is 4.12. The lowest BCUT2D eigenvalue weighted by Gasteiger charge is -2.22. The third kappa shape index (κ3) is 4.91. The van der Waals surface area contributed by atoms with E-state index >= 15 is 0 Å². The highest BCUT2D eigenvalue weighted by molar-refractivity contribution is 5.78. The molecule has 0 N–H and O–H groups in total. The number of esters is 1. The monoisotopic (exact) mass is 329 g/mol. The fraction of sp³-hybridized carbons (Fsp3) is 0.526. The Balaban J connectivity index is 1.85. The van der Waals surface area contributed by atoms with Crippen molar-refractivity contribution in [1.82, 2.24) is 15.0 Å². The van der Waals surface area contributed by atoms with Crippen molar-refractivity contribution < 1.29 is 9.53 Å². The van der Waals surface area contributed by atoms with Gasteiger partial charge in [-0.25, -0.2) is 0 Å². The molecule has 2 aromatic rings. The van der Waals surface area contributed by atoms with Crippen LogP contribution < -0.4 is 4.74 Å². The SMILES string of the molecule is CCCn1cc(CCCC(C)(C)C(=O)Oc2ccccc2C)nn1. The van der Waals surface area contributed by atoms with E-state index in [0.717, 1.165) is 43.5 Å². The Bertz CT molecular complexity index is 677. The maximum absolute atomic E-state index is 12.5. The number of ether oxygens (including phenoxy) is 1. The minimum Gasteiger partial charge on any atom is -0.426 e. The first kappa shape index (κ1) is 18.2. The van der Waals surface area contributed by atoms with E-state index in [2.05, 4.69) is 17.2 Å². The molecule has 1 aromatic carbocycles. The first-order valence-corrected chi connectivity index (χ1v) is 8.59. The average Bonchev–Trinajstić information content (AvgIpc) is 2.97. The molecule has 130 valence electrons. The summed E-state index contributed by atoms with van der Waals surface area (Å²) >= 11 is 0. The summed E-state index contributed by atoms with van der Waals surface area (Å²) in [5.41, 5.74) is 1.42. The Morgan fingerprint density at radius 2 is 2.04 bits per heavy atom. The molecule has 0 radical (unpaired) electrons. The summed E-state index contributed by atoms with van der Waals surface area (Å²) in [7, 11) is 0. The van der Waals surface area contributed by atoms with E-state index in [1.807, 2.05) is 55.9 Å². The smallest absolute Gasteiger partial charge is 0.316 e. The van der Waals surface area contributed by atoms with Gasteiger partial charge < -0.3 is 4.74 Å². The van der Waals surface area contributed by atoms with Gasteiger partial charge in [0, 0.05) is 12.7 Å². The minimum absolute atomic E-state index is 0.188. The van der Waals surface area contributed by atoms with Gasteiger partial charge in [-0.15, -0.1) is 5.10 Å². The Hall–Kier alpha value is -2.17. The molecule has 0 amide bonds. The van der Waals surface area contributed by atoms with E-state index in [-0.39, 0.29) is 5.97 Å². The van der Waals surface area contributed by atoms with E-state index in [9.17, 15) is 4.79 Å². The molecule has 0 saturated carbocycles. The molecule has 2 rings (SSSR count). The van der Waals surface area contributed by atoms with E-state index in [0.29, 0.717) is 5.75 Å². The highest BCUT2D eigenvalue weighted by Crippen LogP contribution is 2.27. The molecule has 0 aliphatic heterocycles. The van der Waals surface area contributed by atoms with Gasteiger partial charge in [0.2, 0.25) is 0 Å². The second kappa shape index (κ2) is 8.08. The molecular weight excluding hydrogens is 302 g/mol.